The van der Waals surface area contributed by atoms with Gasteiger partial charge in [0, 0.05) is 13.1 Å². The standard InChI is InChI=1S/2C6H8ClN3.C3H8/c1-2-9-6-4-8-3-5(7)10-6;1-2-8-6-4-3-5(7)9-10-6;1-3-2/h3-4H,2H2,1H3,(H,9,10);3-4H,2H2,1H3,(H,8,10);3H2,1-2H3. The van der Waals surface area contributed by atoms with Crippen molar-refractivity contribution in [1.82, 2.24) is 20.2 Å². The van der Waals surface area contributed by atoms with Gasteiger partial charge in [0.15, 0.2) is 5.15 Å². The Bertz CT molecular complexity index is 522. The van der Waals surface area contributed by atoms with E-state index in [-0.39, 0.29) is 0 Å². The lowest BCUT2D eigenvalue weighted by Crippen LogP contribution is -1.99. The summed E-state index contributed by atoms with van der Waals surface area (Å²) in [7, 11) is 0. The van der Waals surface area contributed by atoms with Crippen LogP contribution in [0, 0.1) is 0 Å². The van der Waals surface area contributed by atoms with Crippen molar-refractivity contribution in [3.05, 3.63) is 34.8 Å². The van der Waals surface area contributed by atoms with Crippen molar-refractivity contribution in [2.45, 2.75) is 34.1 Å². The third-order valence-corrected chi connectivity index (χ3v) is 2.34. The Kier molecular flexibility index (Phi) is 13.0. The van der Waals surface area contributed by atoms with Gasteiger partial charge >= 0.3 is 0 Å². The van der Waals surface area contributed by atoms with Gasteiger partial charge in [0.25, 0.3) is 0 Å². The SMILES string of the molecule is CCC.CCNc1ccc(Cl)nn1.CCNc1cncc(Cl)n1. The number of anilines is 2. The molecule has 0 spiro atoms. The summed E-state index contributed by atoms with van der Waals surface area (Å²) >= 11 is 11.1. The molecule has 23 heavy (non-hydrogen) atoms. The quantitative estimate of drug-likeness (QED) is 0.835. The van der Waals surface area contributed by atoms with E-state index in [1.807, 2.05) is 13.8 Å². The average Bonchev–Trinajstić information content (AvgIpc) is 2.52. The highest BCUT2D eigenvalue weighted by Crippen LogP contribution is 2.05. The van der Waals surface area contributed by atoms with Gasteiger partial charge in [-0.25, -0.2) is 4.98 Å². The molecule has 0 fully saturated rings. The highest BCUT2D eigenvalue weighted by atomic mass is 35.5. The maximum Gasteiger partial charge on any atom is 0.151 e. The fourth-order valence-electron chi connectivity index (χ4n) is 1.20. The molecule has 0 amide bonds. The van der Waals surface area contributed by atoms with Gasteiger partial charge in [0.1, 0.15) is 16.8 Å². The maximum absolute atomic E-state index is 5.57. The predicted molar refractivity (Wildman–Crippen MR) is 98.4 cm³/mol. The largest absolute Gasteiger partial charge is 0.369 e. The second kappa shape index (κ2) is 14.0. The van der Waals surface area contributed by atoms with Crippen LogP contribution in [0.25, 0.3) is 0 Å². The minimum atomic E-state index is 0.415. The Morgan fingerprint density at radius 3 is 1.91 bits per heavy atom. The van der Waals surface area contributed by atoms with Crippen molar-refractivity contribution in [3.8, 4) is 0 Å². The Morgan fingerprint density at radius 1 is 0.826 bits per heavy atom. The molecule has 0 radical (unpaired) electrons. The summed E-state index contributed by atoms with van der Waals surface area (Å²) in [5.74, 6) is 1.47. The lowest BCUT2D eigenvalue weighted by atomic mass is 10.5. The molecule has 0 bridgehead atoms. The van der Waals surface area contributed by atoms with Crippen LogP contribution in [0.1, 0.15) is 34.1 Å². The highest BCUT2D eigenvalue weighted by Gasteiger charge is 1.92. The third-order valence-electron chi connectivity index (χ3n) is 1.95. The van der Waals surface area contributed by atoms with Gasteiger partial charge < -0.3 is 10.6 Å². The van der Waals surface area contributed by atoms with Crippen molar-refractivity contribution >= 4 is 34.8 Å². The molecule has 128 valence electrons. The average molecular weight is 359 g/mol. The van der Waals surface area contributed by atoms with Crippen LogP contribution in [-0.4, -0.2) is 33.3 Å². The molecule has 0 atom stereocenters. The molecular formula is C15H24Cl2N6. The van der Waals surface area contributed by atoms with Crippen LogP contribution in [0.3, 0.4) is 0 Å². The monoisotopic (exact) mass is 358 g/mol. The topological polar surface area (TPSA) is 75.6 Å². The van der Waals surface area contributed by atoms with E-state index < -0.39 is 0 Å². The molecule has 2 rings (SSSR count). The van der Waals surface area contributed by atoms with Crippen LogP contribution in [0.4, 0.5) is 11.6 Å². The molecule has 0 unspecified atom stereocenters. The second-order valence-electron chi connectivity index (χ2n) is 4.24. The summed E-state index contributed by atoms with van der Waals surface area (Å²) in [6, 6.07) is 3.49. The second-order valence-corrected chi connectivity index (χ2v) is 5.01. The minimum Gasteiger partial charge on any atom is -0.369 e. The van der Waals surface area contributed by atoms with E-state index in [2.05, 4.69) is 44.6 Å². The van der Waals surface area contributed by atoms with Gasteiger partial charge in [0.2, 0.25) is 0 Å². The number of hydrogen-bond acceptors (Lipinski definition) is 6. The van der Waals surface area contributed by atoms with E-state index in [0.717, 1.165) is 24.7 Å². The van der Waals surface area contributed by atoms with Crippen molar-refractivity contribution in [2.75, 3.05) is 23.7 Å². The van der Waals surface area contributed by atoms with Gasteiger partial charge in [0.05, 0.1) is 12.4 Å². The smallest absolute Gasteiger partial charge is 0.151 e. The summed E-state index contributed by atoms with van der Waals surface area (Å²) in [4.78, 5) is 7.80. The van der Waals surface area contributed by atoms with Crippen LogP contribution in [0.2, 0.25) is 10.3 Å². The van der Waals surface area contributed by atoms with E-state index >= 15 is 0 Å². The number of aromatic nitrogens is 4. The molecular weight excluding hydrogens is 335 g/mol. The van der Waals surface area contributed by atoms with Crippen molar-refractivity contribution in [2.24, 2.45) is 0 Å². The number of nitrogens with zero attached hydrogens (tertiary/aromatic N) is 4. The Hall–Kier alpha value is -1.66. The van der Waals surface area contributed by atoms with Crippen LogP contribution in [-0.2, 0) is 0 Å². The van der Waals surface area contributed by atoms with E-state index in [1.165, 1.54) is 12.6 Å². The van der Waals surface area contributed by atoms with Crippen molar-refractivity contribution in [3.63, 3.8) is 0 Å². The molecule has 2 aromatic heterocycles. The molecule has 8 heteroatoms. The molecule has 0 aromatic carbocycles. The van der Waals surface area contributed by atoms with E-state index in [9.17, 15) is 0 Å². The number of rotatable bonds is 4. The predicted octanol–water partition coefficient (Wildman–Crippen LogP) is 4.54. The van der Waals surface area contributed by atoms with Crippen LogP contribution >= 0.6 is 23.2 Å². The van der Waals surface area contributed by atoms with Gasteiger partial charge in [-0.15, -0.1) is 10.2 Å². The molecule has 0 aliphatic heterocycles. The fourth-order valence-corrected chi connectivity index (χ4v) is 1.45. The zero-order valence-corrected chi connectivity index (χ0v) is 15.5. The molecule has 2 N–H and O–H groups in total. The molecule has 2 heterocycles. The first-order valence-electron chi connectivity index (χ1n) is 7.51. The summed E-state index contributed by atoms with van der Waals surface area (Å²) < 4.78 is 0. The van der Waals surface area contributed by atoms with Gasteiger partial charge in [-0.05, 0) is 26.0 Å². The summed E-state index contributed by atoms with van der Waals surface area (Å²) in [5.41, 5.74) is 0. The molecule has 0 saturated carbocycles. The molecule has 0 saturated heterocycles. The van der Waals surface area contributed by atoms with Gasteiger partial charge in [-0.3, -0.25) is 4.98 Å². The number of nitrogens with one attached hydrogen (secondary N) is 2. The lowest BCUT2D eigenvalue weighted by molar-refractivity contribution is 1.01. The first kappa shape index (κ1) is 21.3. The zero-order chi connectivity index (χ0) is 17.5. The number of hydrogen-bond donors (Lipinski definition) is 2. The minimum absolute atomic E-state index is 0.415. The lowest BCUT2D eigenvalue weighted by Gasteiger charge is -1.99. The molecule has 0 aliphatic rings. The molecule has 2 aromatic rings. The highest BCUT2D eigenvalue weighted by molar-refractivity contribution is 6.29. The summed E-state index contributed by atoms with van der Waals surface area (Å²) in [6.07, 6.45) is 4.39. The summed E-state index contributed by atoms with van der Waals surface area (Å²) in [5, 5.41) is 14.3. The maximum atomic E-state index is 5.57. The number of halogens is 2. The van der Waals surface area contributed by atoms with Crippen LogP contribution in [0.15, 0.2) is 24.5 Å². The van der Waals surface area contributed by atoms with Gasteiger partial charge in [-0.2, -0.15) is 0 Å². The zero-order valence-electron chi connectivity index (χ0n) is 14.0. The van der Waals surface area contributed by atoms with Crippen LogP contribution < -0.4 is 10.6 Å². The Balaban J connectivity index is 0.000000360. The van der Waals surface area contributed by atoms with Crippen LogP contribution in [0.5, 0.6) is 0 Å². The fraction of sp³-hybridized carbons (Fsp3) is 0.467. The normalized spacial score (nSPS) is 8.96. The third kappa shape index (κ3) is 11.5. The first-order valence-corrected chi connectivity index (χ1v) is 8.27. The van der Waals surface area contributed by atoms with Crippen molar-refractivity contribution in [1.29, 1.82) is 0 Å². The van der Waals surface area contributed by atoms with E-state index in [1.54, 1.807) is 18.3 Å². The first-order chi connectivity index (χ1) is 11.1. The van der Waals surface area contributed by atoms with E-state index in [4.69, 9.17) is 23.2 Å². The van der Waals surface area contributed by atoms with Gasteiger partial charge in [-0.1, -0.05) is 43.5 Å². The molecule has 0 aliphatic carbocycles. The summed E-state index contributed by atoms with van der Waals surface area (Å²) in [6.45, 7) is 9.91. The molecule has 6 nitrogen and oxygen atoms in total. The Morgan fingerprint density at radius 2 is 1.43 bits per heavy atom. The van der Waals surface area contributed by atoms with E-state index in [0.29, 0.717) is 10.3 Å². The Labute approximate surface area is 148 Å². The van der Waals surface area contributed by atoms with Crippen molar-refractivity contribution < 1.29 is 0 Å².